The van der Waals surface area contributed by atoms with E-state index < -0.39 is 0 Å². The molecule has 1 amide bonds. The van der Waals surface area contributed by atoms with Crippen molar-refractivity contribution in [3.05, 3.63) is 27.2 Å². The number of rotatable bonds is 4. The topological polar surface area (TPSA) is 91.8 Å². The van der Waals surface area contributed by atoms with Crippen molar-refractivity contribution in [3.63, 3.8) is 0 Å². The fraction of sp³-hybridized carbons (Fsp3) is 0.632. The molecular formula is C19H27N5O2. The average molecular weight is 357 g/mol. The maximum absolute atomic E-state index is 12.5. The van der Waals surface area contributed by atoms with E-state index in [-0.39, 0.29) is 11.5 Å². The number of amides is 1. The molecule has 0 radical (unpaired) electrons. The van der Waals surface area contributed by atoms with Gasteiger partial charge in [0.05, 0.1) is 5.39 Å². The van der Waals surface area contributed by atoms with Crippen LogP contribution in [0.3, 0.4) is 0 Å². The fourth-order valence-corrected chi connectivity index (χ4v) is 4.73. The first-order valence-electron chi connectivity index (χ1n) is 9.52. The summed E-state index contributed by atoms with van der Waals surface area (Å²) in [6, 6.07) is 1.43. The van der Waals surface area contributed by atoms with Gasteiger partial charge in [-0.15, -0.1) is 0 Å². The van der Waals surface area contributed by atoms with Crippen LogP contribution in [0.1, 0.15) is 48.9 Å². The first-order chi connectivity index (χ1) is 12.4. The number of aryl methyl sites for hydroxylation is 3. The Morgan fingerprint density at radius 3 is 2.65 bits per heavy atom. The highest BCUT2D eigenvalue weighted by atomic mass is 16.1. The minimum Gasteiger partial charge on any atom is -0.353 e. The predicted octanol–water partition coefficient (Wildman–Crippen LogP) is 1.21. The van der Waals surface area contributed by atoms with Crippen molar-refractivity contribution < 1.29 is 4.79 Å². The van der Waals surface area contributed by atoms with Gasteiger partial charge in [-0.25, -0.2) is 4.98 Å². The molecule has 4 heterocycles. The minimum atomic E-state index is -0.122. The van der Waals surface area contributed by atoms with Gasteiger partial charge < -0.3 is 10.6 Å². The van der Waals surface area contributed by atoms with Crippen LogP contribution in [-0.2, 0) is 18.3 Å². The van der Waals surface area contributed by atoms with Crippen molar-refractivity contribution in [1.29, 1.82) is 0 Å². The zero-order valence-electron chi connectivity index (χ0n) is 15.7. The van der Waals surface area contributed by atoms with Gasteiger partial charge >= 0.3 is 0 Å². The van der Waals surface area contributed by atoms with E-state index in [0.29, 0.717) is 42.0 Å². The number of hydrogen-bond donors (Lipinski definition) is 3. The van der Waals surface area contributed by atoms with Crippen LogP contribution in [0, 0.1) is 13.8 Å². The average Bonchev–Trinajstić information content (AvgIpc) is 3.06. The molecule has 4 rings (SSSR count). The third-order valence-corrected chi connectivity index (χ3v) is 6.02. The SMILES string of the molecule is Cc1nc2c(c(C)c1CCC(=O)NC1CC3CCC(C1)N3)c(=O)[nH]n2C. The molecule has 0 aliphatic carbocycles. The van der Waals surface area contributed by atoms with E-state index in [2.05, 4.69) is 20.7 Å². The van der Waals surface area contributed by atoms with Crippen molar-refractivity contribution in [1.82, 2.24) is 25.4 Å². The smallest absolute Gasteiger partial charge is 0.273 e. The zero-order chi connectivity index (χ0) is 18.4. The second kappa shape index (κ2) is 6.54. The summed E-state index contributed by atoms with van der Waals surface area (Å²) in [6.07, 6.45) is 5.57. The lowest BCUT2D eigenvalue weighted by molar-refractivity contribution is -0.122. The molecule has 140 valence electrons. The summed E-state index contributed by atoms with van der Waals surface area (Å²) in [5, 5.41) is 10.2. The minimum absolute atomic E-state index is 0.0946. The highest BCUT2D eigenvalue weighted by Crippen LogP contribution is 2.27. The van der Waals surface area contributed by atoms with Gasteiger partial charge in [0.25, 0.3) is 5.56 Å². The Balaban J connectivity index is 1.45. The molecule has 2 atom stereocenters. The van der Waals surface area contributed by atoms with E-state index in [1.165, 1.54) is 12.8 Å². The summed E-state index contributed by atoms with van der Waals surface area (Å²) in [6.45, 7) is 3.89. The van der Waals surface area contributed by atoms with E-state index in [1.807, 2.05) is 13.8 Å². The third kappa shape index (κ3) is 3.05. The van der Waals surface area contributed by atoms with Crippen LogP contribution in [0.15, 0.2) is 4.79 Å². The molecule has 0 spiro atoms. The number of aromatic amines is 1. The summed E-state index contributed by atoms with van der Waals surface area (Å²) in [4.78, 5) is 29.2. The number of fused-ring (bicyclic) bond motifs is 3. The molecule has 0 aromatic carbocycles. The van der Waals surface area contributed by atoms with Crippen LogP contribution in [0.4, 0.5) is 0 Å². The van der Waals surface area contributed by atoms with Crippen molar-refractivity contribution in [2.45, 2.75) is 70.5 Å². The van der Waals surface area contributed by atoms with Crippen molar-refractivity contribution in [2.75, 3.05) is 0 Å². The molecule has 2 saturated heterocycles. The molecular weight excluding hydrogens is 330 g/mol. The number of piperidine rings is 1. The maximum Gasteiger partial charge on any atom is 0.273 e. The third-order valence-electron chi connectivity index (χ3n) is 6.02. The number of aromatic nitrogens is 3. The first-order valence-corrected chi connectivity index (χ1v) is 9.52. The largest absolute Gasteiger partial charge is 0.353 e. The number of nitrogens with one attached hydrogen (secondary N) is 3. The number of pyridine rings is 1. The number of hydrogen-bond acceptors (Lipinski definition) is 4. The molecule has 2 bridgehead atoms. The van der Waals surface area contributed by atoms with Gasteiger partial charge in [0, 0.05) is 37.3 Å². The van der Waals surface area contributed by atoms with Crippen molar-refractivity contribution in [3.8, 4) is 0 Å². The highest BCUT2D eigenvalue weighted by Gasteiger charge is 2.33. The lowest BCUT2D eigenvalue weighted by Crippen LogP contribution is -2.48. The van der Waals surface area contributed by atoms with Crippen LogP contribution < -0.4 is 16.2 Å². The summed E-state index contributed by atoms with van der Waals surface area (Å²) >= 11 is 0. The van der Waals surface area contributed by atoms with Gasteiger partial charge in [-0.3, -0.25) is 19.4 Å². The lowest BCUT2D eigenvalue weighted by Gasteiger charge is -2.29. The number of carbonyl (C=O) groups is 1. The molecule has 0 saturated carbocycles. The Morgan fingerprint density at radius 1 is 1.27 bits per heavy atom. The zero-order valence-corrected chi connectivity index (χ0v) is 15.7. The van der Waals surface area contributed by atoms with Crippen LogP contribution >= 0.6 is 0 Å². The van der Waals surface area contributed by atoms with Crippen LogP contribution in [0.5, 0.6) is 0 Å². The summed E-state index contributed by atoms with van der Waals surface area (Å²) in [7, 11) is 1.79. The van der Waals surface area contributed by atoms with Crippen LogP contribution in [-0.4, -0.2) is 38.8 Å². The molecule has 26 heavy (non-hydrogen) atoms. The molecule has 2 aromatic heterocycles. The number of H-pyrrole nitrogens is 1. The number of nitrogens with zero attached hydrogens (tertiary/aromatic N) is 2. The molecule has 7 nitrogen and oxygen atoms in total. The van der Waals surface area contributed by atoms with Crippen LogP contribution in [0.2, 0.25) is 0 Å². The van der Waals surface area contributed by atoms with E-state index in [4.69, 9.17) is 0 Å². The number of carbonyl (C=O) groups excluding carboxylic acids is 1. The maximum atomic E-state index is 12.5. The van der Waals surface area contributed by atoms with Gasteiger partial charge in [0.15, 0.2) is 5.65 Å². The molecule has 2 unspecified atom stereocenters. The predicted molar refractivity (Wildman–Crippen MR) is 100 cm³/mol. The molecule has 2 aromatic rings. The van der Waals surface area contributed by atoms with E-state index >= 15 is 0 Å². The normalized spacial score (nSPS) is 25.0. The Morgan fingerprint density at radius 2 is 1.96 bits per heavy atom. The quantitative estimate of drug-likeness (QED) is 0.767. The standard InChI is InChI=1S/C19H27N5O2/c1-10-15(11(2)20-18-17(10)19(26)23-24(18)3)6-7-16(25)22-14-8-12-4-5-13(9-14)21-12/h12-14,21H,4-9H2,1-3H3,(H,22,25)(H,23,26). The van der Waals surface area contributed by atoms with Gasteiger partial charge in [-0.05, 0) is 57.1 Å². The molecule has 2 aliphatic rings. The summed E-state index contributed by atoms with van der Waals surface area (Å²) < 4.78 is 1.65. The van der Waals surface area contributed by atoms with Gasteiger partial charge in [0.1, 0.15) is 0 Å². The fourth-order valence-electron chi connectivity index (χ4n) is 4.73. The molecule has 2 aliphatic heterocycles. The second-order valence-electron chi connectivity index (χ2n) is 7.87. The monoisotopic (exact) mass is 357 g/mol. The molecule has 2 fully saturated rings. The van der Waals surface area contributed by atoms with Gasteiger partial charge in [0.2, 0.25) is 5.91 Å². The van der Waals surface area contributed by atoms with Gasteiger partial charge in [-0.1, -0.05) is 0 Å². The Hall–Kier alpha value is -2.15. The lowest BCUT2D eigenvalue weighted by atomic mass is 9.98. The summed E-state index contributed by atoms with van der Waals surface area (Å²) in [5.41, 5.74) is 3.38. The Kier molecular flexibility index (Phi) is 4.34. The first kappa shape index (κ1) is 17.3. The molecule has 3 N–H and O–H groups in total. The van der Waals surface area contributed by atoms with Gasteiger partial charge in [-0.2, -0.15) is 0 Å². The van der Waals surface area contributed by atoms with E-state index in [1.54, 1.807) is 11.7 Å². The Labute approximate surface area is 152 Å². The van der Waals surface area contributed by atoms with Crippen LogP contribution in [0.25, 0.3) is 11.0 Å². The van der Waals surface area contributed by atoms with E-state index in [0.717, 1.165) is 29.7 Å². The molecule has 7 heteroatoms. The Bertz CT molecular complexity index is 901. The highest BCUT2D eigenvalue weighted by molar-refractivity contribution is 5.81. The van der Waals surface area contributed by atoms with E-state index in [9.17, 15) is 9.59 Å². The van der Waals surface area contributed by atoms with Crippen molar-refractivity contribution in [2.24, 2.45) is 7.05 Å². The second-order valence-corrected chi connectivity index (χ2v) is 7.87. The van der Waals surface area contributed by atoms with Crippen molar-refractivity contribution >= 4 is 16.9 Å². The summed E-state index contributed by atoms with van der Waals surface area (Å²) in [5.74, 6) is 0.0946.